The fourth-order valence-electron chi connectivity index (χ4n) is 0.702. The van der Waals surface area contributed by atoms with Crippen LogP contribution < -0.4 is 5.48 Å². The molecule has 0 bridgehead atoms. The summed E-state index contributed by atoms with van der Waals surface area (Å²) in [6.45, 7) is 4.43. The average molecular weight is 160 g/mol. The number of hydrogen-bond acceptors (Lipinski definition) is 3. The minimum atomic E-state index is -0.992. The molecule has 0 rings (SSSR count). The minimum Gasteiger partial charge on any atom is -0.335 e. The van der Waals surface area contributed by atoms with Gasteiger partial charge in [-0.15, -0.1) is 0 Å². The Bertz CT molecular complexity index is 154. The Hall–Kier alpha value is -1.10. The Morgan fingerprint density at radius 1 is 1.36 bits per heavy atom. The highest BCUT2D eigenvalue weighted by Crippen LogP contribution is 1.87. The number of hydrogen-bond donors (Lipinski definition) is 2. The van der Waals surface area contributed by atoms with Gasteiger partial charge in [-0.1, -0.05) is 0 Å². The van der Waals surface area contributed by atoms with E-state index in [-0.39, 0.29) is 0 Å². The normalized spacial score (nSPS) is 9.00. The van der Waals surface area contributed by atoms with E-state index in [4.69, 9.17) is 5.21 Å². The number of rotatable bonds is 2. The number of carbonyl (C=O) groups is 2. The largest absolute Gasteiger partial charge is 0.335 e. The van der Waals surface area contributed by atoms with Crippen LogP contribution in [0.4, 0.5) is 0 Å². The van der Waals surface area contributed by atoms with Crippen molar-refractivity contribution in [2.24, 2.45) is 0 Å². The van der Waals surface area contributed by atoms with Crippen LogP contribution in [0.15, 0.2) is 0 Å². The maximum absolute atomic E-state index is 10.9. The monoisotopic (exact) mass is 160 g/mol. The summed E-state index contributed by atoms with van der Waals surface area (Å²) in [5.74, 6) is -1.70. The van der Waals surface area contributed by atoms with Gasteiger partial charge in [0.15, 0.2) is 0 Å². The molecule has 0 spiro atoms. The summed E-state index contributed by atoms with van der Waals surface area (Å²) in [5, 5.41) is 8.10. The van der Waals surface area contributed by atoms with Crippen LogP contribution >= 0.6 is 0 Å². The molecule has 5 heteroatoms. The van der Waals surface area contributed by atoms with E-state index in [1.807, 2.05) is 0 Å². The SMILES string of the molecule is CCN(CC)C(=O)C(=O)NO. The van der Waals surface area contributed by atoms with Crippen LogP contribution in [0.25, 0.3) is 0 Å². The zero-order chi connectivity index (χ0) is 8.85. The van der Waals surface area contributed by atoms with E-state index in [0.29, 0.717) is 13.1 Å². The van der Waals surface area contributed by atoms with Crippen molar-refractivity contribution in [2.75, 3.05) is 13.1 Å². The second-order valence-electron chi connectivity index (χ2n) is 1.92. The Kier molecular flexibility index (Phi) is 4.21. The van der Waals surface area contributed by atoms with Gasteiger partial charge in [0.25, 0.3) is 0 Å². The van der Waals surface area contributed by atoms with E-state index in [1.54, 1.807) is 13.8 Å². The van der Waals surface area contributed by atoms with Gasteiger partial charge in [-0.05, 0) is 13.8 Å². The molecule has 0 aromatic rings. The lowest BCUT2D eigenvalue weighted by molar-refractivity contribution is -0.150. The summed E-state index contributed by atoms with van der Waals surface area (Å²) in [7, 11) is 0. The summed E-state index contributed by atoms with van der Waals surface area (Å²) in [6, 6.07) is 0. The molecule has 11 heavy (non-hydrogen) atoms. The predicted molar refractivity (Wildman–Crippen MR) is 37.9 cm³/mol. The van der Waals surface area contributed by atoms with Crippen molar-refractivity contribution in [1.29, 1.82) is 0 Å². The van der Waals surface area contributed by atoms with Crippen LogP contribution in [0, 0.1) is 0 Å². The molecule has 0 radical (unpaired) electrons. The first-order valence-corrected chi connectivity index (χ1v) is 3.40. The van der Waals surface area contributed by atoms with Gasteiger partial charge in [0, 0.05) is 13.1 Å². The number of hydroxylamine groups is 1. The topological polar surface area (TPSA) is 69.6 Å². The van der Waals surface area contributed by atoms with E-state index < -0.39 is 11.8 Å². The zero-order valence-corrected chi connectivity index (χ0v) is 6.63. The van der Waals surface area contributed by atoms with Crippen molar-refractivity contribution in [3.8, 4) is 0 Å². The first-order chi connectivity index (χ1) is 5.17. The molecule has 0 unspecified atom stereocenters. The van der Waals surface area contributed by atoms with Gasteiger partial charge in [0.2, 0.25) is 0 Å². The van der Waals surface area contributed by atoms with E-state index in [2.05, 4.69) is 0 Å². The number of carbonyl (C=O) groups excluding carboxylic acids is 2. The first-order valence-electron chi connectivity index (χ1n) is 3.40. The molecule has 2 N–H and O–H groups in total. The molecule has 0 aliphatic rings. The summed E-state index contributed by atoms with van der Waals surface area (Å²) < 4.78 is 0. The Labute approximate surface area is 64.9 Å². The molecule has 0 atom stereocenters. The van der Waals surface area contributed by atoms with E-state index in [9.17, 15) is 9.59 Å². The van der Waals surface area contributed by atoms with Gasteiger partial charge in [0.05, 0.1) is 0 Å². The standard InChI is InChI=1S/C6H12N2O3/c1-3-8(4-2)6(10)5(9)7-11/h11H,3-4H2,1-2H3,(H,7,9). The fraction of sp³-hybridized carbons (Fsp3) is 0.667. The molecular formula is C6H12N2O3. The predicted octanol–water partition coefficient (Wildman–Crippen LogP) is -0.640. The summed E-state index contributed by atoms with van der Waals surface area (Å²) >= 11 is 0. The number of amides is 2. The molecule has 64 valence electrons. The van der Waals surface area contributed by atoms with Crippen LogP contribution in [0.2, 0.25) is 0 Å². The fourth-order valence-corrected chi connectivity index (χ4v) is 0.702. The summed E-state index contributed by atoms with van der Waals surface area (Å²) in [4.78, 5) is 22.7. The Morgan fingerprint density at radius 3 is 2.09 bits per heavy atom. The molecular weight excluding hydrogens is 148 g/mol. The first kappa shape index (κ1) is 9.90. The van der Waals surface area contributed by atoms with Gasteiger partial charge in [-0.25, -0.2) is 5.48 Å². The number of nitrogens with one attached hydrogen (secondary N) is 1. The molecule has 5 nitrogen and oxygen atoms in total. The molecule has 0 aliphatic carbocycles. The van der Waals surface area contributed by atoms with Gasteiger partial charge >= 0.3 is 11.8 Å². The molecule has 0 aliphatic heterocycles. The molecule has 0 aromatic carbocycles. The van der Waals surface area contributed by atoms with Crippen LogP contribution in [0.1, 0.15) is 13.8 Å². The smallest absolute Gasteiger partial charge is 0.332 e. The Balaban J connectivity index is 4.09. The molecule has 0 fully saturated rings. The number of nitrogens with zero attached hydrogens (tertiary/aromatic N) is 1. The van der Waals surface area contributed by atoms with E-state index >= 15 is 0 Å². The van der Waals surface area contributed by atoms with Gasteiger partial charge < -0.3 is 4.90 Å². The van der Waals surface area contributed by atoms with Crippen molar-refractivity contribution >= 4 is 11.8 Å². The molecule has 0 aromatic heterocycles. The summed E-state index contributed by atoms with van der Waals surface area (Å²) in [6.07, 6.45) is 0. The maximum Gasteiger partial charge on any atom is 0.332 e. The maximum atomic E-state index is 10.9. The Morgan fingerprint density at radius 2 is 1.82 bits per heavy atom. The third-order valence-corrected chi connectivity index (χ3v) is 1.35. The lowest BCUT2D eigenvalue weighted by Crippen LogP contribution is -2.41. The highest BCUT2D eigenvalue weighted by Gasteiger charge is 2.17. The molecule has 2 amide bonds. The second kappa shape index (κ2) is 4.68. The van der Waals surface area contributed by atoms with Crippen molar-refractivity contribution in [3.05, 3.63) is 0 Å². The highest BCUT2D eigenvalue weighted by molar-refractivity contribution is 6.34. The number of likely N-dealkylation sites (N-methyl/N-ethyl adjacent to an activating group) is 1. The molecule has 0 saturated heterocycles. The average Bonchev–Trinajstić information content (AvgIpc) is 2.05. The highest BCUT2D eigenvalue weighted by atomic mass is 16.5. The van der Waals surface area contributed by atoms with Gasteiger partial charge in [-0.2, -0.15) is 0 Å². The van der Waals surface area contributed by atoms with Crippen LogP contribution in [0.3, 0.4) is 0 Å². The van der Waals surface area contributed by atoms with Crippen molar-refractivity contribution in [3.63, 3.8) is 0 Å². The van der Waals surface area contributed by atoms with Gasteiger partial charge in [0.1, 0.15) is 0 Å². The third kappa shape index (κ3) is 2.55. The minimum absolute atomic E-state index is 0.461. The van der Waals surface area contributed by atoms with Crippen molar-refractivity contribution in [2.45, 2.75) is 13.8 Å². The lowest BCUT2D eigenvalue weighted by atomic mass is 10.4. The molecule has 0 heterocycles. The molecule has 0 saturated carbocycles. The zero-order valence-electron chi connectivity index (χ0n) is 6.63. The second-order valence-corrected chi connectivity index (χ2v) is 1.92. The van der Waals surface area contributed by atoms with Gasteiger partial charge in [-0.3, -0.25) is 14.8 Å². The van der Waals surface area contributed by atoms with Crippen LogP contribution in [-0.2, 0) is 9.59 Å². The van der Waals surface area contributed by atoms with E-state index in [1.165, 1.54) is 10.4 Å². The quantitative estimate of drug-likeness (QED) is 0.321. The van der Waals surface area contributed by atoms with Crippen LogP contribution in [0.5, 0.6) is 0 Å². The summed E-state index contributed by atoms with van der Waals surface area (Å²) in [5.41, 5.74) is 1.28. The van der Waals surface area contributed by atoms with Crippen molar-refractivity contribution < 1.29 is 14.8 Å². The lowest BCUT2D eigenvalue weighted by Gasteiger charge is -2.16. The van der Waals surface area contributed by atoms with Crippen LogP contribution in [-0.4, -0.2) is 35.0 Å². The van der Waals surface area contributed by atoms with Crippen molar-refractivity contribution in [1.82, 2.24) is 10.4 Å². The third-order valence-electron chi connectivity index (χ3n) is 1.35. The van der Waals surface area contributed by atoms with E-state index in [0.717, 1.165) is 0 Å².